The SMILES string of the molecule is C=C(/C=C\NC)CNC(=O)CN1C(=O)O[C@@]2(CCc3cc(NC(=O)NC)ccc32)C1=O. The molecule has 1 saturated heterocycles. The molecule has 1 aromatic rings. The third-order valence-corrected chi connectivity index (χ3v) is 5.14. The second-order valence-electron chi connectivity index (χ2n) is 7.22. The summed E-state index contributed by atoms with van der Waals surface area (Å²) in [7, 11) is 3.25. The molecule has 1 aliphatic carbocycles. The predicted octanol–water partition coefficient (Wildman–Crippen LogP) is 0.964. The van der Waals surface area contributed by atoms with Gasteiger partial charge < -0.3 is 26.0 Å². The highest BCUT2D eigenvalue weighted by molar-refractivity contribution is 6.06. The van der Waals surface area contributed by atoms with E-state index in [0.29, 0.717) is 23.2 Å². The lowest BCUT2D eigenvalue weighted by Crippen LogP contribution is -2.43. The van der Waals surface area contributed by atoms with Gasteiger partial charge in [-0.15, -0.1) is 0 Å². The quantitative estimate of drug-likeness (QED) is 0.480. The maximum atomic E-state index is 13.1. The van der Waals surface area contributed by atoms with E-state index in [0.717, 1.165) is 10.5 Å². The van der Waals surface area contributed by atoms with Crippen LogP contribution in [0.25, 0.3) is 0 Å². The summed E-state index contributed by atoms with van der Waals surface area (Å²) in [6, 6.07) is 4.69. The van der Waals surface area contributed by atoms with Crippen molar-refractivity contribution >= 4 is 29.6 Å². The Balaban J connectivity index is 1.69. The molecule has 164 valence electrons. The summed E-state index contributed by atoms with van der Waals surface area (Å²) in [5.41, 5.74) is 1.16. The molecule has 2 aliphatic rings. The maximum Gasteiger partial charge on any atom is 0.418 e. The second kappa shape index (κ2) is 8.90. The zero-order chi connectivity index (χ0) is 22.6. The maximum absolute atomic E-state index is 13.1. The molecular formula is C21H25N5O5. The van der Waals surface area contributed by atoms with Gasteiger partial charge in [0.2, 0.25) is 11.5 Å². The monoisotopic (exact) mass is 427 g/mol. The molecule has 0 radical (unpaired) electrons. The van der Waals surface area contributed by atoms with Crippen LogP contribution in [0.1, 0.15) is 17.5 Å². The number of anilines is 1. The van der Waals surface area contributed by atoms with Gasteiger partial charge in [-0.25, -0.2) is 14.5 Å². The van der Waals surface area contributed by atoms with E-state index in [1.165, 1.54) is 7.05 Å². The summed E-state index contributed by atoms with van der Waals surface area (Å²) >= 11 is 0. The number of hydrogen-bond acceptors (Lipinski definition) is 6. The van der Waals surface area contributed by atoms with Crippen molar-refractivity contribution in [2.75, 3.05) is 32.5 Å². The van der Waals surface area contributed by atoms with Crippen molar-refractivity contribution in [3.63, 3.8) is 0 Å². The number of nitrogens with one attached hydrogen (secondary N) is 4. The number of benzene rings is 1. The molecule has 1 spiro atoms. The van der Waals surface area contributed by atoms with E-state index in [1.807, 2.05) is 0 Å². The van der Waals surface area contributed by atoms with Gasteiger partial charge in [-0.05, 0) is 42.0 Å². The number of fused-ring (bicyclic) bond motifs is 2. The fourth-order valence-electron chi connectivity index (χ4n) is 3.60. The topological polar surface area (TPSA) is 129 Å². The average molecular weight is 427 g/mol. The number of aryl methyl sites for hydroxylation is 1. The fourth-order valence-corrected chi connectivity index (χ4v) is 3.60. The van der Waals surface area contributed by atoms with Gasteiger partial charge in [0.15, 0.2) is 0 Å². The smallest absolute Gasteiger partial charge is 0.418 e. The average Bonchev–Trinajstić information content (AvgIpc) is 3.23. The van der Waals surface area contributed by atoms with Crippen LogP contribution in [-0.4, -0.2) is 56.0 Å². The van der Waals surface area contributed by atoms with Crippen molar-refractivity contribution < 1.29 is 23.9 Å². The molecule has 1 atom stereocenters. The number of amides is 5. The van der Waals surface area contributed by atoms with E-state index >= 15 is 0 Å². The third kappa shape index (κ3) is 4.37. The Labute approximate surface area is 179 Å². The molecule has 1 aromatic carbocycles. The summed E-state index contributed by atoms with van der Waals surface area (Å²) in [6.45, 7) is 3.54. The molecule has 4 N–H and O–H groups in total. The van der Waals surface area contributed by atoms with Crippen LogP contribution in [0, 0.1) is 0 Å². The first kappa shape index (κ1) is 21.9. The largest absolute Gasteiger partial charge is 0.427 e. The van der Waals surface area contributed by atoms with Crippen molar-refractivity contribution in [1.82, 2.24) is 20.9 Å². The van der Waals surface area contributed by atoms with Gasteiger partial charge in [0.05, 0.1) is 0 Å². The van der Waals surface area contributed by atoms with Crippen molar-refractivity contribution in [3.05, 3.63) is 53.8 Å². The lowest BCUT2D eigenvalue weighted by molar-refractivity contribution is -0.139. The molecule has 0 unspecified atom stereocenters. The van der Waals surface area contributed by atoms with Gasteiger partial charge in [0.25, 0.3) is 5.91 Å². The van der Waals surface area contributed by atoms with Crippen LogP contribution in [0.5, 0.6) is 0 Å². The van der Waals surface area contributed by atoms with Crippen LogP contribution in [0.15, 0.2) is 42.6 Å². The molecule has 5 amide bonds. The number of carbonyl (C=O) groups is 4. The molecule has 1 aliphatic heterocycles. The minimum Gasteiger partial charge on any atom is -0.427 e. The number of nitrogens with zero attached hydrogens (tertiary/aromatic N) is 1. The Morgan fingerprint density at radius 1 is 1.29 bits per heavy atom. The molecule has 1 fully saturated rings. The Morgan fingerprint density at radius 2 is 2.06 bits per heavy atom. The fraction of sp³-hybridized carbons (Fsp3) is 0.333. The van der Waals surface area contributed by atoms with E-state index in [1.54, 1.807) is 37.5 Å². The van der Waals surface area contributed by atoms with Gasteiger partial charge in [0, 0.05) is 38.3 Å². The zero-order valence-corrected chi connectivity index (χ0v) is 17.4. The Hall–Kier alpha value is -3.82. The Kier molecular flexibility index (Phi) is 6.28. The third-order valence-electron chi connectivity index (χ3n) is 5.14. The van der Waals surface area contributed by atoms with Crippen LogP contribution in [-0.2, 0) is 26.3 Å². The number of rotatable bonds is 7. The van der Waals surface area contributed by atoms with Gasteiger partial charge in [-0.2, -0.15) is 0 Å². The minimum absolute atomic E-state index is 0.184. The summed E-state index contributed by atoms with van der Waals surface area (Å²) in [5.74, 6) is -1.06. The molecule has 0 aromatic heterocycles. The lowest BCUT2D eigenvalue weighted by atomic mass is 9.94. The van der Waals surface area contributed by atoms with Crippen LogP contribution in [0.4, 0.5) is 15.3 Å². The summed E-state index contributed by atoms with van der Waals surface area (Å²) < 4.78 is 5.50. The van der Waals surface area contributed by atoms with Crippen LogP contribution in [0.2, 0.25) is 0 Å². The number of ether oxygens (including phenoxy) is 1. The Bertz CT molecular complexity index is 973. The van der Waals surface area contributed by atoms with Crippen LogP contribution in [0.3, 0.4) is 0 Å². The van der Waals surface area contributed by atoms with Gasteiger partial charge in [-0.3, -0.25) is 9.59 Å². The van der Waals surface area contributed by atoms with E-state index in [2.05, 4.69) is 27.8 Å². The molecule has 0 bridgehead atoms. The number of carbonyl (C=O) groups excluding carboxylic acids is 4. The first-order chi connectivity index (χ1) is 14.8. The van der Waals surface area contributed by atoms with Crippen molar-refractivity contribution in [2.45, 2.75) is 18.4 Å². The summed E-state index contributed by atoms with van der Waals surface area (Å²) in [5, 5.41) is 10.6. The Morgan fingerprint density at radius 3 is 2.77 bits per heavy atom. The first-order valence-electron chi connectivity index (χ1n) is 9.76. The number of imide groups is 1. The van der Waals surface area contributed by atoms with E-state index in [-0.39, 0.29) is 19.0 Å². The van der Waals surface area contributed by atoms with Gasteiger partial charge in [-0.1, -0.05) is 12.6 Å². The lowest BCUT2D eigenvalue weighted by Gasteiger charge is -2.20. The minimum atomic E-state index is -1.43. The molecule has 1 heterocycles. The van der Waals surface area contributed by atoms with Crippen LogP contribution >= 0.6 is 0 Å². The highest BCUT2D eigenvalue weighted by Crippen LogP contribution is 2.45. The van der Waals surface area contributed by atoms with E-state index < -0.39 is 30.1 Å². The molecular weight excluding hydrogens is 402 g/mol. The predicted molar refractivity (Wildman–Crippen MR) is 113 cm³/mol. The number of urea groups is 1. The first-order valence-corrected chi connectivity index (χ1v) is 9.76. The standard InChI is InChI=1S/C21H25N5O5/c1-13(7-9-22-2)11-24-17(27)12-26-18(28)21(31-20(26)30)8-6-14-10-15(4-5-16(14)21)25-19(29)23-3/h4-5,7,9-10,22H,1,6,8,11-12H2,2-3H3,(H,24,27)(H2,23,25,29)/b9-7-/t21-/m1/s1. The van der Waals surface area contributed by atoms with Crippen molar-refractivity contribution in [3.8, 4) is 0 Å². The highest BCUT2D eigenvalue weighted by Gasteiger charge is 2.58. The molecule has 10 nitrogen and oxygen atoms in total. The number of hydrogen-bond donors (Lipinski definition) is 4. The van der Waals surface area contributed by atoms with Crippen molar-refractivity contribution in [2.24, 2.45) is 0 Å². The van der Waals surface area contributed by atoms with Gasteiger partial charge >= 0.3 is 12.1 Å². The second-order valence-corrected chi connectivity index (χ2v) is 7.22. The molecule has 10 heteroatoms. The van der Waals surface area contributed by atoms with E-state index in [4.69, 9.17) is 4.74 Å². The highest BCUT2D eigenvalue weighted by atomic mass is 16.6. The van der Waals surface area contributed by atoms with E-state index in [9.17, 15) is 19.2 Å². The molecule has 0 saturated carbocycles. The van der Waals surface area contributed by atoms with Gasteiger partial charge in [0.1, 0.15) is 6.54 Å². The molecule has 3 rings (SSSR count). The zero-order valence-electron chi connectivity index (χ0n) is 17.4. The normalized spacial score (nSPS) is 19.4. The summed E-state index contributed by atoms with van der Waals surface area (Å²) in [4.78, 5) is 50.1. The van der Waals surface area contributed by atoms with Crippen molar-refractivity contribution in [1.29, 1.82) is 0 Å². The molecule has 31 heavy (non-hydrogen) atoms. The summed E-state index contributed by atoms with van der Waals surface area (Å²) in [6.07, 6.45) is 3.30. The van der Waals surface area contributed by atoms with Crippen LogP contribution < -0.4 is 21.3 Å².